The second-order valence-electron chi connectivity index (χ2n) is 9.78. The topological polar surface area (TPSA) is 104 Å². The molecule has 2 aromatic heterocycles. The van der Waals surface area contributed by atoms with E-state index in [0.717, 1.165) is 0 Å². The van der Waals surface area contributed by atoms with Crippen LogP contribution in [-0.4, -0.2) is 102 Å². The van der Waals surface area contributed by atoms with Gasteiger partial charge in [-0.3, -0.25) is 4.57 Å². The largest absolute Gasteiger partial charge is 0.369 e. The molecule has 0 aliphatic rings. The molecule has 0 amide bonds. The predicted octanol–water partition coefficient (Wildman–Crippen LogP) is 3.14. The summed E-state index contributed by atoms with van der Waals surface area (Å²) < 4.78 is 33.3. The average molecular weight is 485 g/mol. The van der Waals surface area contributed by atoms with Gasteiger partial charge in [-0.1, -0.05) is 0 Å². The standard InChI is InChI=1S/C21H39N7O4P/c1-16(2)31-33(29,32-17(3)4)15-30-18(11-28(7,8)9)10-27-14-24-19-20(25-13-26(5)6)22-12-23-21(19)27/h12-14,16-18H,10-11,15H2,1-9H3/q+1/b25-13+. The molecule has 186 valence electrons. The van der Waals surface area contributed by atoms with Gasteiger partial charge in [0.05, 0.1) is 52.6 Å². The summed E-state index contributed by atoms with van der Waals surface area (Å²) in [5.41, 5.74) is 1.27. The van der Waals surface area contributed by atoms with Gasteiger partial charge in [0.1, 0.15) is 25.3 Å². The number of imidazole rings is 1. The van der Waals surface area contributed by atoms with Gasteiger partial charge < -0.3 is 27.7 Å². The van der Waals surface area contributed by atoms with Gasteiger partial charge in [-0.2, -0.15) is 0 Å². The predicted molar refractivity (Wildman–Crippen MR) is 130 cm³/mol. The van der Waals surface area contributed by atoms with Crippen molar-refractivity contribution in [2.45, 2.75) is 52.6 Å². The van der Waals surface area contributed by atoms with Crippen molar-refractivity contribution < 1.29 is 22.8 Å². The van der Waals surface area contributed by atoms with Crippen LogP contribution in [0.3, 0.4) is 0 Å². The minimum Gasteiger partial charge on any atom is -0.369 e. The minimum atomic E-state index is -3.42. The van der Waals surface area contributed by atoms with E-state index in [1.54, 1.807) is 12.7 Å². The van der Waals surface area contributed by atoms with Crippen molar-refractivity contribution in [3.05, 3.63) is 12.7 Å². The Labute approximate surface area is 196 Å². The summed E-state index contributed by atoms with van der Waals surface area (Å²) in [7, 11) is 6.59. The molecule has 12 heteroatoms. The Hall–Kier alpha value is -1.91. The van der Waals surface area contributed by atoms with Gasteiger partial charge in [-0.15, -0.1) is 0 Å². The number of ether oxygens (including phenoxy) is 1. The van der Waals surface area contributed by atoms with E-state index in [9.17, 15) is 4.57 Å². The zero-order chi connectivity index (χ0) is 24.8. The van der Waals surface area contributed by atoms with Crippen molar-refractivity contribution in [2.24, 2.45) is 4.99 Å². The Bertz CT molecular complexity index is 955. The number of likely N-dealkylation sites (N-methyl/N-ethyl adjacent to an activating group) is 1. The number of aromatic nitrogens is 4. The quantitative estimate of drug-likeness (QED) is 0.185. The molecule has 0 spiro atoms. The highest BCUT2D eigenvalue weighted by Crippen LogP contribution is 2.50. The first kappa shape index (κ1) is 27.3. The molecule has 1 unspecified atom stereocenters. The number of fused-ring (bicyclic) bond motifs is 1. The molecule has 11 nitrogen and oxygen atoms in total. The average Bonchev–Trinajstić information content (AvgIpc) is 3.05. The summed E-state index contributed by atoms with van der Waals surface area (Å²) in [6.07, 6.45) is 3.94. The monoisotopic (exact) mass is 484 g/mol. The highest BCUT2D eigenvalue weighted by molar-refractivity contribution is 7.53. The summed E-state index contributed by atoms with van der Waals surface area (Å²) in [6.45, 7) is 8.44. The molecule has 0 aromatic carbocycles. The van der Waals surface area contributed by atoms with Crippen molar-refractivity contribution in [1.29, 1.82) is 0 Å². The third kappa shape index (κ3) is 9.10. The lowest BCUT2D eigenvalue weighted by atomic mass is 10.3. The van der Waals surface area contributed by atoms with E-state index >= 15 is 0 Å². The Morgan fingerprint density at radius 2 is 1.76 bits per heavy atom. The third-order valence-corrected chi connectivity index (χ3v) is 6.11. The van der Waals surface area contributed by atoms with E-state index in [0.29, 0.717) is 34.6 Å². The first-order valence-electron chi connectivity index (χ1n) is 11.0. The molecule has 0 radical (unpaired) electrons. The van der Waals surface area contributed by atoms with E-state index in [-0.39, 0.29) is 24.7 Å². The van der Waals surface area contributed by atoms with Crippen molar-refractivity contribution in [3.8, 4) is 0 Å². The molecular weight excluding hydrogens is 445 g/mol. The fourth-order valence-electron chi connectivity index (χ4n) is 3.18. The molecule has 1 atom stereocenters. The smallest absolute Gasteiger partial charge is 0.356 e. The maximum Gasteiger partial charge on any atom is 0.356 e. The van der Waals surface area contributed by atoms with Gasteiger partial charge in [0.15, 0.2) is 17.0 Å². The van der Waals surface area contributed by atoms with Crippen LogP contribution >= 0.6 is 7.60 Å². The van der Waals surface area contributed by atoms with Gasteiger partial charge in [-0.05, 0) is 27.7 Å². The van der Waals surface area contributed by atoms with Crippen molar-refractivity contribution in [1.82, 2.24) is 24.4 Å². The van der Waals surface area contributed by atoms with Gasteiger partial charge in [0, 0.05) is 14.1 Å². The van der Waals surface area contributed by atoms with Crippen LogP contribution in [0.1, 0.15) is 27.7 Å². The fraction of sp³-hybridized carbons (Fsp3) is 0.714. The normalized spacial score (nSPS) is 14.2. The summed E-state index contributed by atoms with van der Waals surface area (Å²) in [5.74, 6) is 0.497. The van der Waals surface area contributed by atoms with Gasteiger partial charge in [0.25, 0.3) is 0 Å². The lowest BCUT2D eigenvalue weighted by molar-refractivity contribution is -0.873. The molecule has 0 bridgehead atoms. The molecule has 2 rings (SSSR count). The van der Waals surface area contributed by atoms with Crippen molar-refractivity contribution >= 4 is 30.9 Å². The maximum atomic E-state index is 13.3. The zero-order valence-corrected chi connectivity index (χ0v) is 22.2. The molecule has 0 fully saturated rings. The third-order valence-electron chi connectivity index (χ3n) is 4.16. The summed E-state index contributed by atoms with van der Waals surface area (Å²) in [4.78, 5) is 19.3. The second kappa shape index (κ2) is 11.5. The van der Waals surface area contributed by atoms with E-state index in [4.69, 9.17) is 13.8 Å². The lowest BCUT2D eigenvalue weighted by Gasteiger charge is -2.31. The first-order valence-corrected chi connectivity index (χ1v) is 12.7. The van der Waals surface area contributed by atoms with Gasteiger partial charge >= 0.3 is 7.60 Å². The van der Waals surface area contributed by atoms with Gasteiger partial charge in [0.2, 0.25) is 0 Å². The van der Waals surface area contributed by atoms with Crippen molar-refractivity contribution in [3.63, 3.8) is 0 Å². The highest BCUT2D eigenvalue weighted by Gasteiger charge is 2.31. The molecule has 0 saturated carbocycles. The van der Waals surface area contributed by atoms with Gasteiger partial charge in [-0.25, -0.2) is 19.9 Å². The molecule has 2 aromatic rings. The molecule has 0 aliphatic heterocycles. The van der Waals surface area contributed by atoms with E-state index in [2.05, 4.69) is 41.1 Å². The van der Waals surface area contributed by atoms with Crippen LogP contribution in [0.5, 0.6) is 0 Å². The van der Waals surface area contributed by atoms with E-state index in [1.165, 1.54) is 6.33 Å². The summed E-state index contributed by atoms with van der Waals surface area (Å²) in [5, 5.41) is 0. The molecular formula is C21H39N7O4P+. The Morgan fingerprint density at radius 3 is 2.30 bits per heavy atom. The first-order chi connectivity index (χ1) is 15.3. The fourth-order valence-corrected chi connectivity index (χ4v) is 5.03. The molecule has 0 saturated heterocycles. The molecule has 33 heavy (non-hydrogen) atoms. The number of quaternary nitrogens is 1. The van der Waals surface area contributed by atoms with E-state index < -0.39 is 7.60 Å². The molecule has 2 heterocycles. The lowest BCUT2D eigenvalue weighted by Crippen LogP contribution is -2.44. The van der Waals surface area contributed by atoms with Crippen LogP contribution in [0.25, 0.3) is 11.2 Å². The van der Waals surface area contributed by atoms with Crippen LogP contribution in [0.15, 0.2) is 17.6 Å². The SMILES string of the molecule is CC(C)OP(=O)(COC(Cn1cnc2c(/N=C/N(C)C)ncnc21)C[N+](C)(C)C)OC(C)C. The van der Waals surface area contributed by atoms with Crippen molar-refractivity contribution in [2.75, 3.05) is 48.1 Å². The van der Waals surface area contributed by atoms with Crippen LogP contribution in [0.2, 0.25) is 0 Å². The zero-order valence-electron chi connectivity index (χ0n) is 21.3. The Kier molecular flexibility index (Phi) is 9.51. The minimum absolute atomic E-state index is 0.131. The van der Waals surface area contributed by atoms with Crippen LogP contribution in [0, 0.1) is 0 Å². The van der Waals surface area contributed by atoms with Crippen LogP contribution in [-0.2, 0) is 24.9 Å². The van der Waals surface area contributed by atoms with E-state index in [1.807, 2.05) is 51.3 Å². The number of hydrogen-bond acceptors (Lipinski definition) is 8. The Balaban J connectivity index is 2.27. The Morgan fingerprint density at radius 1 is 1.12 bits per heavy atom. The number of nitrogens with zero attached hydrogens (tertiary/aromatic N) is 7. The molecule has 0 N–H and O–H groups in total. The summed E-state index contributed by atoms with van der Waals surface area (Å²) in [6, 6.07) is 0. The number of aliphatic imine (C=N–C) groups is 1. The summed E-state index contributed by atoms with van der Waals surface area (Å²) >= 11 is 0. The van der Waals surface area contributed by atoms with Crippen LogP contribution in [0.4, 0.5) is 5.82 Å². The van der Waals surface area contributed by atoms with Crippen LogP contribution < -0.4 is 0 Å². The maximum absolute atomic E-state index is 13.3. The number of hydrogen-bond donors (Lipinski definition) is 0. The second-order valence-corrected chi connectivity index (χ2v) is 11.7. The highest BCUT2D eigenvalue weighted by atomic mass is 31.2. The number of rotatable bonds is 13. The molecule has 0 aliphatic carbocycles.